The fraction of sp³-hybridized carbons (Fsp3) is 0.0833. The van der Waals surface area contributed by atoms with Crippen LogP contribution in [0, 0.1) is 0 Å². The molecule has 0 aliphatic carbocycles. The molecule has 0 aliphatic heterocycles. The van der Waals surface area contributed by atoms with Crippen LogP contribution in [0.4, 0.5) is 5.13 Å². The van der Waals surface area contributed by atoms with Crippen LogP contribution < -0.4 is 10.6 Å². The Morgan fingerprint density at radius 3 is 2.15 bits per heavy atom. The van der Waals surface area contributed by atoms with E-state index in [0.29, 0.717) is 22.1 Å². The van der Waals surface area contributed by atoms with Gasteiger partial charge >= 0.3 is 0 Å². The first kappa shape index (κ1) is 23.3. The first-order valence-electron chi connectivity index (χ1n) is 9.98. The van der Waals surface area contributed by atoms with E-state index in [1.807, 2.05) is 54.6 Å². The Bertz CT molecular complexity index is 1250. The summed E-state index contributed by atoms with van der Waals surface area (Å²) in [6.45, 7) is 0. The number of benzene rings is 3. The maximum absolute atomic E-state index is 13.1. The van der Waals surface area contributed by atoms with Crippen LogP contribution in [-0.2, 0) is 11.2 Å². The average molecular weight is 586 g/mol. The van der Waals surface area contributed by atoms with Crippen molar-refractivity contribution in [3.05, 3.63) is 98.9 Å². The molecule has 9 heteroatoms. The predicted molar refractivity (Wildman–Crippen MR) is 137 cm³/mol. The molecule has 2 N–H and O–H groups in total. The fourth-order valence-electron chi connectivity index (χ4n) is 3.08. The minimum absolute atomic E-state index is 0.327. The van der Waals surface area contributed by atoms with Crippen molar-refractivity contribution in [1.29, 1.82) is 0 Å². The summed E-state index contributed by atoms with van der Waals surface area (Å²) in [5.74, 6) is -0.686. The minimum atomic E-state index is -0.788. The van der Waals surface area contributed by atoms with Crippen LogP contribution in [0.5, 0.6) is 0 Å². The lowest BCUT2D eigenvalue weighted by atomic mass is 10.0. The van der Waals surface area contributed by atoms with Crippen LogP contribution in [0.1, 0.15) is 15.9 Å². The highest BCUT2D eigenvalue weighted by Crippen LogP contribution is 2.27. The lowest BCUT2D eigenvalue weighted by molar-refractivity contribution is -0.118. The molecule has 0 saturated heterocycles. The monoisotopic (exact) mass is 584 g/mol. The Morgan fingerprint density at radius 1 is 0.848 bits per heavy atom. The van der Waals surface area contributed by atoms with Crippen LogP contribution in [0.3, 0.4) is 0 Å². The molecule has 3 aromatic carbocycles. The maximum Gasteiger partial charge on any atom is 0.251 e. The van der Waals surface area contributed by atoms with Crippen molar-refractivity contribution in [3.8, 4) is 10.6 Å². The molecule has 0 aliphatic rings. The van der Waals surface area contributed by atoms with E-state index < -0.39 is 6.04 Å². The molecule has 6 nitrogen and oxygen atoms in total. The number of nitrogens with zero attached hydrogens (tertiary/aromatic N) is 2. The molecule has 0 fully saturated rings. The number of amides is 2. The molecule has 1 aromatic heterocycles. The van der Waals surface area contributed by atoms with Gasteiger partial charge in [0.05, 0.1) is 0 Å². The molecule has 166 valence electrons. The molecule has 4 aromatic rings. The second-order valence-corrected chi connectivity index (χ2v) is 9.94. The highest BCUT2D eigenvalue weighted by molar-refractivity contribution is 9.10. The molecule has 33 heavy (non-hydrogen) atoms. The Balaban J connectivity index is 1.50. The van der Waals surface area contributed by atoms with Crippen molar-refractivity contribution in [1.82, 2.24) is 15.5 Å². The number of halogens is 2. The van der Waals surface area contributed by atoms with E-state index in [-0.39, 0.29) is 11.8 Å². The van der Waals surface area contributed by atoms with Crippen molar-refractivity contribution in [3.63, 3.8) is 0 Å². The molecule has 2 amide bonds. The number of anilines is 1. The van der Waals surface area contributed by atoms with E-state index in [1.165, 1.54) is 11.3 Å². The maximum atomic E-state index is 13.1. The Hall–Kier alpha value is -2.88. The zero-order chi connectivity index (χ0) is 23.2. The Kier molecular flexibility index (Phi) is 7.64. The van der Waals surface area contributed by atoms with Gasteiger partial charge in [-0.2, -0.15) is 0 Å². The summed E-state index contributed by atoms with van der Waals surface area (Å²) in [5.41, 5.74) is 2.31. The zero-order valence-corrected chi connectivity index (χ0v) is 21.2. The number of carbonyl (C=O) groups excluding carboxylic acids is 2. The van der Waals surface area contributed by atoms with Gasteiger partial charge in [-0.15, -0.1) is 10.2 Å². The summed E-state index contributed by atoms with van der Waals surface area (Å²) in [5, 5.41) is 15.0. The molecular weight excluding hydrogens is 568 g/mol. The Labute approximate surface area is 211 Å². The van der Waals surface area contributed by atoms with Crippen LogP contribution >= 0.6 is 43.2 Å². The van der Waals surface area contributed by atoms with Crippen molar-refractivity contribution >= 4 is 60.1 Å². The Morgan fingerprint density at radius 2 is 1.48 bits per heavy atom. The van der Waals surface area contributed by atoms with E-state index in [2.05, 4.69) is 52.7 Å². The van der Waals surface area contributed by atoms with Crippen LogP contribution in [-0.4, -0.2) is 28.1 Å². The predicted octanol–water partition coefficient (Wildman–Crippen LogP) is 5.71. The third-order valence-electron chi connectivity index (χ3n) is 4.76. The molecule has 1 unspecified atom stereocenters. The molecule has 0 bridgehead atoms. The van der Waals surface area contributed by atoms with Crippen molar-refractivity contribution < 1.29 is 9.59 Å². The minimum Gasteiger partial charge on any atom is -0.340 e. The van der Waals surface area contributed by atoms with Gasteiger partial charge < -0.3 is 5.32 Å². The summed E-state index contributed by atoms with van der Waals surface area (Å²) >= 11 is 8.05. The molecule has 0 saturated carbocycles. The van der Waals surface area contributed by atoms with Crippen LogP contribution in [0.2, 0.25) is 0 Å². The number of hydrogen-bond donors (Lipinski definition) is 2. The third-order valence-corrected chi connectivity index (χ3v) is 6.70. The van der Waals surface area contributed by atoms with E-state index in [0.717, 1.165) is 20.1 Å². The lowest BCUT2D eigenvalue weighted by Gasteiger charge is -2.18. The van der Waals surface area contributed by atoms with Crippen molar-refractivity contribution in [2.24, 2.45) is 0 Å². The van der Waals surface area contributed by atoms with Gasteiger partial charge in [0.25, 0.3) is 5.91 Å². The first-order valence-corrected chi connectivity index (χ1v) is 12.4. The molecule has 0 radical (unpaired) electrons. The van der Waals surface area contributed by atoms with Crippen molar-refractivity contribution in [2.45, 2.75) is 12.5 Å². The third kappa shape index (κ3) is 6.34. The van der Waals surface area contributed by atoms with Crippen molar-refractivity contribution in [2.75, 3.05) is 5.32 Å². The second-order valence-electron chi connectivity index (χ2n) is 7.13. The van der Waals surface area contributed by atoms with Gasteiger partial charge in [-0.25, -0.2) is 0 Å². The average Bonchev–Trinajstić information content (AvgIpc) is 3.28. The normalized spacial score (nSPS) is 11.6. The number of nitrogens with one attached hydrogen (secondary N) is 2. The van der Waals surface area contributed by atoms with Crippen LogP contribution in [0.25, 0.3) is 10.6 Å². The zero-order valence-electron chi connectivity index (χ0n) is 17.2. The molecule has 0 spiro atoms. The summed E-state index contributed by atoms with van der Waals surface area (Å²) in [7, 11) is 0. The number of aromatic nitrogens is 2. The smallest absolute Gasteiger partial charge is 0.251 e. The number of hydrogen-bond acceptors (Lipinski definition) is 5. The number of rotatable bonds is 7. The molecule has 1 heterocycles. The molecular formula is C24H18Br2N4O2S. The highest BCUT2D eigenvalue weighted by Gasteiger charge is 2.23. The summed E-state index contributed by atoms with van der Waals surface area (Å²) < 4.78 is 1.84. The fourth-order valence-corrected chi connectivity index (χ4v) is 4.36. The number of carbonyl (C=O) groups is 2. The lowest BCUT2D eigenvalue weighted by Crippen LogP contribution is -2.45. The summed E-state index contributed by atoms with van der Waals surface area (Å²) in [4.78, 5) is 25.9. The summed E-state index contributed by atoms with van der Waals surface area (Å²) in [6.07, 6.45) is 0.341. The highest BCUT2D eigenvalue weighted by atomic mass is 79.9. The van der Waals surface area contributed by atoms with E-state index in [4.69, 9.17) is 0 Å². The van der Waals surface area contributed by atoms with Gasteiger partial charge in [0.2, 0.25) is 11.0 Å². The van der Waals surface area contributed by atoms with Gasteiger partial charge in [0.1, 0.15) is 11.0 Å². The van der Waals surface area contributed by atoms with Gasteiger partial charge in [-0.1, -0.05) is 85.7 Å². The summed E-state index contributed by atoms with van der Waals surface area (Å²) in [6, 6.07) is 23.4. The SMILES string of the molecule is O=C(NC(Cc1ccccc1)C(=O)Nc1nnc(-c2ccc(Br)cc2)s1)c1ccc(Br)cc1. The molecule has 1 atom stereocenters. The molecule has 4 rings (SSSR count). The van der Waals surface area contributed by atoms with Gasteiger partial charge in [0.15, 0.2) is 0 Å². The van der Waals surface area contributed by atoms with E-state index in [9.17, 15) is 9.59 Å². The standard InChI is InChI=1S/C24H18Br2N4O2S/c25-18-10-6-16(7-11-18)21(31)27-20(14-15-4-2-1-3-5-15)22(32)28-24-30-29-23(33-24)17-8-12-19(26)13-9-17/h1-13,20H,14H2,(H,27,31)(H,28,30,32). The van der Waals surface area contributed by atoms with Crippen LogP contribution in [0.15, 0.2) is 87.8 Å². The largest absolute Gasteiger partial charge is 0.340 e. The van der Waals surface area contributed by atoms with Gasteiger partial charge in [-0.3, -0.25) is 14.9 Å². The first-order chi connectivity index (χ1) is 16.0. The topological polar surface area (TPSA) is 84.0 Å². The van der Waals surface area contributed by atoms with Gasteiger partial charge in [0, 0.05) is 26.5 Å². The van der Waals surface area contributed by atoms with E-state index >= 15 is 0 Å². The quantitative estimate of drug-likeness (QED) is 0.291. The second kappa shape index (κ2) is 10.8. The van der Waals surface area contributed by atoms with E-state index in [1.54, 1.807) is 24.3 Å². The van der Waals surface area contributed by atoms with Gasteiger partial charge in [-0.05, 0) is 42.0 Å².